The van der Waals surface area contributed by atoms with Crippen molar-refractivity contribution in [1.29, 1.82) is 0 Å². The van der Waals surface area contributed by atoms with Crippen molar-refractivity contribution in [3.05, 3.63) is 23.8 Å². The molecule has 0 spiro atoms. The van der Waals surface area contributed by atoms with E-state index in [1.807, 2.05) is 12.1 Å². The lowest BCUT2D eigenvalue weighted by Crippen LogP contribution is -2.30. The van der Waals surface area contributed by atoms with E-state index in [0.717, 1.165) is 17.0 Å². The van der Waals surface area contributed by atoms with Gasteiger partial charge in [0, 0.05) is 22.7 Å². The molecule has 1 aromatic carbocycles. The molecule has 0 saturated heterocycles. The van der Waals surface area contributed by atoms with Gasteiger partial charge in [0.25, 0.3) is 0 Å². The molecule has 0 amide bonds. The average Bonchev–Trinajstić information content (AvgIpc) is 2.36. The molecule has 0 bridgehead atoms. The van der Waals surface area contributed by atoms with Gasteiger partial charge in [0.05, 0.1) is 12.6 Å². The number of anilines is 1. The first kappa shape index (κ1) is 15.3. The molecule has 3 nitrogen and oxygen atoms in total. The summed E-state index contributed by atoms with van der Waals surface area (Å²) in [6.07, 6.45) is 0. The van der Waals surface area contributed by atoms with Gasteiger partial charge in [-0.25, -0.2) is 0 Å². The second-order valence-electron chi connectivity index (χ2n) is 4.60. The van der Waals surface area contributed by atoms with Crippen LogP contribution in [0.25, 0.3) is 0 Å². The number of hydrogen-bond donors (Lipinski definition) is 3. The number of aliphatic hydroxyl groups excluding tert-OH is 1. The van der Waals surface area contributed by atoms with Gasteiger partial charge in [0.15, 0.2) is 0 Å². The van der Waals surface area contributed by atoms with Gasteiger partial charge in [-0.15, -0.1) is 11.8 Å². The molecule has 1 atom stereocenters. The van der Waals surface area contributed by atoms with Crippen LogP contribution in [0, 0.1) is 5.92 Å². The summed E-state index contributed by atoms with van der Waals surface area (Å²) < 4.78 is 0. The van der Waals surface area contributed by atoms with Crippen LogP contribution in [-0.2, 0) is 6.54 Å². The largest absolute Gasteiger partial charge is 0.394 e. The van der Waals surface area contributed by atoms with E-state index in [4.69, 9.17) is 5.73 Å². The molecule has 0 aromatic heterocycles. The third kappa shape index (κ3) is 3.90. The highest BCUT2D eigenvalue weighted by Gasteiger charge is 2.14. The third-order valence-electron chi connectivity index (χ3n) is 2.98. The molecule has 1 aromatic rings. The summed E-state index contributed by atoms with van der Waals surface area (Å²) in [4.78, 5) is 1.23. The maximum Gasteiger partial charge on any atom is 0.0635 e. The van der Waals surface area contributed by atoms with Crippen LogP contribution in [0.15, 0.2) is 23.1 Å². The van der Waals surface area contributed by atoms with Gasteiger partial charge in [-0.3, -0.25) is 0 Å². The van der Waals surface area contributed by atoms with Gasteiger partial charge in [-0.05, 0) is 23.8 Å². The van der Waals surface area contributed by atoms with Crippen molar-refractivity contribution in [3.8, 4) is 0 Å². The molecule has 0 heterocycles. The monoisotopic (exact) mass is 268 g/mol. The lowest BCUT2D eigenvalue weighted by atomic mass is 10.0. The number of nitrogens with two attached hydrogens (primary N) is 1. The predicted molar refractivity (Wildman–Crippen MR) is 80.1 cm³/mol. The van der Waals surface area contributed by atoms with Crippen LogP contribution in [0.5, 0.6) is 0 Å². The van der Waals surface area contributed by atoms with E-state index in [-0.39, 0.29) is 12.6 Å². The number of rotatable bonds is 7. The Kier molecular flexibility index (Phi) is 6.54. The molecule has 1 rings (SSSR count). The molecule has 102 valence electrons. The lowest BCUT2D eigenvalue weighted by molar-refractivity contribution is 0.249. The van der Waals surface area contributed by atoms with Crippen LogP contribution in [0.4, 0.5) is 5.69 Å². The first-order chi connectivity index (χ1) is 8.63. The van der Waals surface area contributed by atoms with E-state index in [2.05, 4.69) is 32.2 Å². The molecule has 0 fully saturated rings. The molecule has 4 heteroatoms. The minimum Gasteiger partial charge on any atom is -0.394 e. The van der Waals surface area contributed by atoms with Gasteiger partial charge in [-0.2, -0.15) is 0 Å². The van der Waals surface area contributed by atoms with Crippen LogP contribution < -0.4 is 11.1 Å². The second-order valence-corrected chi connectivity index (χ2v) is 5.90. The second kappa shape index (κ2) is 7.67. The number of benzene rings is 1. The molecule has 0 aliphatic carbocycles. The fourth-order valence-electron chi connectivity index (χ4n) is 1.83. The van der Waals surface area contributed by atoms with E-state index < -0.39 is 0 Å². The fraction of sp³-hybridized carbons (Fsp3) is 0.571. The zero-order valence-corrected chi connectivity index (χ0v) is 12.3. The van der Waals surface area contributed by atoms with Gasteiger partial charge in [0.2, 0.25) is 0 Å². The van der Waals surface area contributed by atoms with E-state index in [1.165, 1.54) is 4.90 Å². The van der Waals surface area contributed by atoms with Crippen molar-refractivity contribution in [2.75, 3.05) is 17.7 Å². The Hall–Kier alpha value is -0.710. The number of hydrogen-bond acceptors (Lipinski definition) is 4. The molecule has 0 unspecified atom stereocenters. The molecule has 0 radical (unpaired) electrons. The average molecular weight is 268 g/mol. The first-order valence-corrected chi connectivity index (χ1v) is 7.44. The number of aliphatic hydroxyl groups is 1. The highest BCUT2D eigenvalue weighted by molar-refractivity contribution is 7.99. The Labute approximate surface area is 114 Å². The van der Waals surface area contributed by atoms with Gasteiger partial charge < -0.3 is 16.2 Å². The molecule has 0 aliphatic rings. The topological polar surface area (TPSA) is 58.3 Å². The van der Waals surface area contributed by atoms with Gasteiger partial charge in [-0.1, -0.05) is 26.8 Å². The van der Waals surface area contributed by atoms with Crippen molar-refractivity contribution < 1.29 is 5.11 Å². The highest BCUT2D eigenvalue weighted by atomic mass is 32.2. The Balaban J connectivity index is 2.97. The summed E-state index contributed by atoms with van der Waals surface area (Å²) >= 11 is 1.80. The van der Waals surface area contributed by atoms with Crippen molar-refractivity contribution in [2.24, 2.45) is 11.7 Å². The van der Waals surface area contributed by atoms with Crippen LogP contribution in [-0.4, -0.2) is 23.5 Å². The molecule has 18 heavy (non-hydrogen) atoms. The Morgan fingerprint density at radius 3 is 2.61 bits per heavy atom. The molecular weight excluding hydrogens is 244 g/mol. The fourth-order valence-corrected chi connectivity index (χ4v) is 2.68. The molecule has 0 aliphatic heterocycles. The standard InChI is InChI=1S/C14H24N2OS/c1-4-18-14-7-5-6-12(11(14)8-15)16-13(9-17)10(2)3/h5-7,10,13,16-17H,4,8-9,15H2,1-3H3/t13-/m1/s1. The zero-order valence-electron chi connectivity index (χ0n) is 11.4. The summed E-state index contributed by atoms with van der Waals surface area (Å²) in [5, 5.41) is 12.8. The molecule has 0 saturated carbocycles. The van der Waals surface area contributed by atoms with E-state index >= 15 is 0 Å². The maximum atomic E-state index is 9.40. The Morgan fingerprint density at radius 1 is 1.39 bits per heavy atom. The third-order valence-corrected chi connectivity index (χ3v) is 3.96. The molecular formula is C14H24N2OS. The van der Waals surface area contributed by atoms with Crippen LogP contribution in [0.2, 0.25) is 0 Å². The summed E-state index contributed by atoms with van der Waals surface area (Å²) in [6.45, 7) is 6.98. The Bertz CT molecular complexity index is 369. The van der Waals surface area contributed by atoms with Crippen LogP contribution in [0.3, 0.4) is 0 Å². The first-order valence-electron chi connectivity index (χ1n) is 6.46. The van der Waals surface area contributed by atoms with Crippen molar-refractivity contribution in [1.82, 2.24) is 0 Å². The minimum absolute atomic E-state index is 0.0668. The van der Waals surface area contributed by atoms with Crippen molar-refractivity contribution in [2.45, 2.75) is 38.3 Å². The quantitative estimate of drug-likeness (QED) is 0.666. The predicted octanol–water partition coefficient (Wildman–Crippen LogP) is 2.69. The maximum absolute atomic E-state index is 9.40. The van der Waals surface area contributed by atoms with Crippen LogP contribution >= 0.6 is 11.8 Å². The number of nitrogens with one attached hydrogen (secondary N) is 1. The zero-order chi connectivity index (χ0) is 13.5. The highest BCUT2D eigenvalue weighted by Crippen LogP contribution is 2.29. The van der Waals surface area contributed by atoms with Gasteiger partial charge in [0.1, 0.15) is 0 Å². The number of thioether (sulfide) groups is 1. The SMILES string of the molecule is CCSc1cccc(N[C@H](CO)C(C)C)c1CN. The van der Waals surface area contributed by atoms with Crippen molar-refractivity contribution in [3.63, 3.8) is 0 Å². The van der Waals surface area contributed by atoms with Crippen LogP contribution in [0.1, 0.15) is 26.3 Å². The summed E-state index contributed by atoms with van der Waals surface area (Å²) in [6, 6.07) is 6.24. The minimum atomic E-state index is 0.0668. The Morgan fingerprint density at radius 2 is 2.11 bits per heavy atom. The van der Waals surface area contributed by atoms with E-state index in [0.29, 0.717) is 12.5 Å². The molecule has 4 N–H and O–H groups in total. The normalized spacial score (nSPS) is 12.8. The summed E-state index contributed by atoms with van der Waals surface area (Å²) in [5.74, 6) is 1.41. The summed E-state index contributed by atoms with van der Waals surface area (Å²) in [7, 11) is 0. The van der Waals surface area contributed by atoms with E-state index in [1.54, 1.807) is 11.8 Å². The van der Waals surface area contributed by atoms with Gasteiger partial charge >= 0.3 is 0 Å². The van der Waals surface area contributed by atoms with Crippen molar-refractivity contribution >= 4 is 17.4 Å². The smallest absolute Gasteiger partial charge is 0.0635 e. The summed E-state index contributed by atoms with van der Waals surface area (Å²) in [5.41, 5.74) is 8.05. The lowest BCUT2D eigenvalue weighted by Gasteiger charge is -2.23. The van der Waals surface area contributed by atoms with E-state index in [9.17, 15) is 5.11 Å².